The fraction of sp³-hybridized carbons (Fsp3) is 0.579. The van der Waals surface area contributed by atoms with Crippen molar-refractivity contribution in [2.24, 2.45) is 0 Å². The lowest BCUT2D eigenvalue weighted by Crippen LogP contribution is -2.57. The number of ether oxygens (including phenoxy) is 2. The Balaban J connectivity index is 1.90. The number of rotatable bonds is 3. The maximum absolute atomic E-state index is 12.1. The van der Waals surface area contributed by atoms with Gasteiger partial charge in [0.25, 0.3) is 0 Å². The summed E-state index contributed by atoms with van der Waals surface area (Å²) in [6.45, 7) is 12.1. The van der Waals surface area contributed by atoms with Gasteiger partial charge in [0.15, 0.2) is 0 Å². The zero-order valence-electron chi connectivity index (χ0n) is 16.4. The first kappa shape index (κ1) is 19.9. The monoisotopic (exact) mass is 363 g/mol. The minimum absolute atomic E-state index is 0.0946. The van der Waals surface area contributed by atoms with Crippen molar-refractivity contribution in [2.45, 2.75) is 58.8 Å². The van der Waals surface area contributed by atoms with Gasteiger partial charge in [-0.05, 0) is 59.7 Å². The SMILES string of the molecule is CC(C)(C)OC(=O)c1ccc(NC2CN(C(=O)OC(C)(C)C)C2)c(N)c1. The lowest BCUT2D eigenvalue weighted by molar-refractivity contribution is 0.00661. The van der Waals surface area contributed by atoms with Gasteiger partial charge in [0, 0.05) is 13.1 Å². The second-order valence-corrected chi connectivity index (χ2v) is 8.53. The number of carbonyl (C=O) groups excluding carboxylic acids is 2. The van der Waals surface area contributed by atoms with Crippen molar-refractivity contribution in [3.63, 3.8) is 0 Å². The summed E-state index contributed by atoms with van der Waals surface area (Å²) in [6, 6.07) is 5.12. The standard InChI is InChI=1S/C19H29N3O4/c1-18(2,3)25-16(23)12-7-8-15(14(20)9-12)21-13-10-22(11-13)17(24)26-19(4,5)6/h7-9,13,21H,10-11,20H2,1-6H3. The number of anilines is 2. The minimum Gasteiger partial charge on any atom is -0.456 e. The topological polar surface area (TPSA) is 93.9 Å². The molecule has 0 bridgehead atoms. The lowest BCUT2D eigenvalue weighted by Gasteiger charge is -2.40. The first-order chi connectivity index (χ1) is 11.8. The minimum atomic E-state index is -0.556. The first-order valence-corrected chi connectivity index (χ1v) is 8.71. The summed E-state index contributed by atoms with van der Waals surface area (Å²) in [5.41, 5.74) is 6.59. The van der Waals surface area contributed by atoms with Crippen molar-refractivity contribution in [3.05, 3.63) is 23.8 Å². The van der Waals surface area contributed by atoms with E-state index in [0.29, 0.717) is 24.3 Å². The van der Waals surface area contributed by atoms with E-state index in [-0.39, 0.29) is 12.1 Å². The number of hydrogen-bond donors (Lipinski definition) is 2. The van der Waals surface area contributed by atoms with Crippen LogP contribution in [-0.4, -0.2) is 47.3 Å². The van der Waals surface area contributed by atoms with Crippen LogP contribution in [0, 0.1) is 0 Å². The fourth-order valence-corrected chi connectivity index (χ4v) is 2.42. The zero-order valence-corrected chi connectivity index (χ0v) is 16.4. The van der Waals surface area contributed by atoms with E-state index in [9.17, 15) is 9.59 Å². The highest BCUT2D eigenvalue weighted by atomic mass is 16.6. The van der Waals surface area contributed by atoms with E-state index in [4.69, 9.17) is 15.2 Å². The summed E-state index contributed by atoms with van der Waals surface area (Å²) in [6.07, 6.45) is -0.316. The Morgan fingerprint density at radius 2 is 1.65 bits per heavy atom. The molecular weight excluding hydrogens is 334 g/mol. The van der Waals surface area contributed by atoms with Crippen LogP contribution < -0.4 is 11.1 Å². The van der Waals surface area contributed by atoms with E-state index >= 15 is 0 Å². The van der Waals surface area contributed by atoms with Crippen LogP contribution in [0.25, 0.3) is 0 Å². The molecule has 0 spiro atoms. The van der Waals surface area contributed by atoms with Gasteiger partial charge < -0.3 is 25.4 Å². The molecule has 1 aromatic carbocycles. The predicted molar refractivity (Wildman–Crippen MR) is 101 cm³/mol. The summed E-state index contributed by atoms with van der Waals surface area (Å²) < 4.78 is 10.7. The van der Waals surface area contributed by atoms with Gasteiger partial charge >= 0.3 is 12.1 Å². The zero-order chi connectivity index (χ0) is 19.7. The number of hydrogen-bond acceptors (Lipinski definition) is 6. The predicted octanol–water partition coefficient (Wildman–Crippen LogP) is 3.26. The van der Waals surface area contributed by atoms with E-state index in [1.165, 1.54) is 0 Å². The summed E-state index contributed by atoms with van der Waals surface area (Å²) in [7, 11) is 0. The van der Waals surface area contributed by atoms with Gasteiger partial charge in [-0.15, -0.1) is 0 Å². The Bertz CT molecular complexity index is 683. The Morgan fingerprint density at radius 1 is 1.08 bits per heavy atom. The number of nitrogens with one attached hydrogen (secondary N) is 1. The van der Waals surface area contributed by atoms with Crippen molar-refractivity contribution >= 4 is 23.4 Å². The Hall–Kier alpha value is -2.44. The second kappa shape index (κ2) is 7.05. The quantitative estimate of drug-likeness (QED) is 0.632. The van der Waals surface area contributed by atoms with Crippen molar-refractivity contribution in [1.29, 1.82) is 0 Å². The molecular formula is C19H29N3O4. The molecule has 7 heteroatoms. The third-order valence-electron chi connectivity index (χ3n) is 3.58. The number of nitrogens with zero attached hydrogens (tertiary/aromatic N) is 1. The molecule has 0 atom stereocenters. The second-order valence-electron chi connectivity index (χ2n) is 8.53. The number of esters is 1. The van der Waals surface area contributed by atoms with Crippen LogP contribution in [0.5, 0.6) is 0 Å². The van der Waals surface area contributed by atoms with Gasteiger partial charge in [0.2, 0.25) is 0 Å². The highest BCUT2D eigenvalue weighted by Crippen LogP contribution is 2.25. The van der Waals surface area contributed by atoms with Crippen LogP contribution in [0.1, 0.15) is 51.9 Å². The Labute approximate surface area is 154 Å². The molecule has 7 nitrogen and oxygen atoms in total. The molecule has 0 aromatic heterocycles. The summed E-state index contributed by atoms with van der Waals surface area (Å²) >= 11 is 0. The molecule has 1 amide bonds. The fourth-order valence-electron chi connectivity index (χ4n) is 2.42. The third-order valence-corrected chi connectivity index (χ3v) is 3.58. The van der Waals surface area contributed by atoms with Crippen molar-refractivity contribution in [3.8, 4) is 0 Å². The molecule has 1 aliphatic rings. The molecule has 144 valence electrons. The van der Waals surface area contributed by atoms with E-state index in [1.807, 2.05) is 41.5 Å². The largest absolute Gasteiger partial charge is 0.456 e. The van der Waals surface area contributed by atoms with Gasteiger partial charge in [-0.1, -0.05) is 0 Å². The van der Waals surface area contributed by atoms with Gasteiger partial charge in [-0.2, -0.15) is 0 Å². The highest BCUT2D eigenvalue weighted by Gasteiger charge is 2.33. The number of carbonyl (C=O) groups is 2. The van der Waals surface area contributed by atoms with Crippen LogP contribution in [0.4, 0.5) is 16.2 Å². The van der Waals surface area contributed by atoms with Crippen LogP contribution in [0.15, 0.2) is 18.2 Å². The molecule has 0 radical (unpaired) electrons. The molecule has 0 unspecified atom stereocenters. The Kier molecular flexibility index (Phi) is 5.39. The molecule has 26 heavy (non-hydrogen) atoms. The molecule has 1 aromatic rings. The summed E-state index contributed by atoms with van der Waals surface area (Å²) in [4.78, 5) is 25.7. The van der Waals surface area contributed by atoms with Crippen molar-refractivity contribution < 1.29 is 19.1 Å². The van der Waals surface area contributed by atoms with Crippen molar-refractivity contribution in [2.75, 3.05) is 24.1 Å². The molecule has 3 N–H and O–H groups in total. The maximum atomic E-state index is 12.1. The number of amides is 1. The summed E-state index contributed by atoms with van der Waals surface area (Å²) in [5, 5.41) is 3.28. The van der Waals surface area contributed by atoms with Gasteiger partial charge in [0.1, 0.15) is 11.2 Å². The first-order valence-electron chi connectivity index (χ1n) is 8.71. The number of nitrogens with two attached hydrogens (primary N) is 1. The molecule has 1 heterocycles. The van der Waals surface area contributed by atoms with E-state index in [1.54, 1.807) is 23.1 Å². The molecule has 0 saturated carbocycles. The average Bonchev–Trinajstić information content (AvgIpc) is 2.39. The molecule has 1 saturated heterocycles. The lowest BCUT2D eigenvalue weighted by atomic mass is 10.1. The van der Waals surface area contributed by atoms with Crippen molar-refractivity contribution in [1.82, 2.24) is 4.90 Å². The number of benzene rings is 1. The van der Waals surface area contributed by atoms with Gasteiger partial charge in [-0.3, -0.25) is 0 Å². The maximum Gasteiger partial charge on any atom is 0.410 e. The summed E-state index contributed by atoms with van der Waals surface area (Å²) in [5.74, 6) is -0.407. The molecule has 0 aliphatic carbocycles. The Morgan fingerprint density at radius 3 is 2.15 bits per heavy atom. The smallest absolute Gasteiger partial charge is 0.410 e. The highest BCUT2D eigenvalue weighted by molar-refractivity contribution is 5.92. The molecule has 1 aliphatic heterocycles. The van der Waals surface area contributed by atoms with E-state index < -0.39 is 17.2 Å². The van der Waals surface area contributed by atoms with E-state index in [2.05, 4.69) is 5.32 Å². The average molecular weight is 363 g/mol. The molecule has 2 rings (SSSR count). The number of nitrogen functional groups attached to an aromatic ring is 1. The van der Waals surface area contributed by atoms with Crippen LogP contribution >= 0.6 is 0 Å². The normalized spacial score (nSPS) is 15.2. The van der Waals surface area contributed by atoms with Gasteiger partial charge in [0.05, 0.1) is 23.0 Å². The number of likely N-dealkylation sites (tertiary alicyclic amines) is 1. The van der Waals surface area contributed by atoms with Gasteiger partial charge in [-0.25, -0.2) is 9.59 Å². The third kappa shape index (κ3) is 5.54. The van der Waals surface area contributed by atoms with E-state index in [0.717, 1.165) is 5.69 Å². The van der Waals surface area contributed by atoms with Crippen LogP contribution in [-0.2, 0) is 9.47 Å². The van der Waals surface area contributed by atoms with Crippen LogP contribution in [0.2, 0.25) is 0 Å². The molecule has 1 fully saturated rings. The van der Waals surface area contributed by atoms with Crippen LogP contribution in [0.3, 0.4) is 0 Å².